The molecule has 4 heteroatoms. The highest BCUT2D eigenvalue weighted by molar-refractivity contribution is 7.14. The van der Waals surface area contributed by atoms with Crippen molar-refractivity contribution in [3.05, 3.63) is 51.2 Å². The van der Waals surface area contributed by atoms with Crippen molar-refractivity contribution in [3.8, 4) is 0 Å². The van der Waals surface area contributed by atoms with Gasteiger partial charge in [-0.1, -0.05) is 12.1 Å². The second-order valence-electron chi connectivity index (χ2n) is 4.71. The minimum Gasteiger partial charge on any atom is -0.399 e. The van der Waals surface area contributed by atoms with Crippen molar-refractivity contribution in [2.45, 2.75) is 26.8 Å². The third-order valence-corrected chi connectivity index (χ3v) is 4.33. The van der Waals surface area contributed by atoms with Crippen LogP contribution in [0.2, 0.25) is 0 Å². The number of nitrogens with two attached hydrogens (primary N) is 1. The van der Waals surface area contributed by atoms with Crippen LogP contribution in [0, 0.1) is 13.8 Å². The highest BCUT2D eigenvalue weighted by Crippen LogP contribution is 2.22. The van der Waals surface area contributed by atoms with Gasteiger partial charge in [0.05, 0.1) is 10.9 Å². The smallest absolute Gasteiger partial charge is 0.261 e. The van der Waals surface area contributed by atoms with Crippen molar-refractivity contribution in [2.24, 2.45) is 0 Å². The minimum absolute atomic E-state index is 0.0227. The van der Waals surface area contributed by atoms with Gasteiger partial charge in [0.25, 0.3) is 5.91 Å². The minimum atomic E-state index is -0.0317. The molecule has 2 aromatic rings. The van der Waals surface area contributed by atoms with Crippen molar-refractivity contribution in [3.63, 3.8) is 0 Å². The molecule has 0 spiro atoms. The van der Waals surface area contributed by atoms with E-state index in [1.165, 1.54) is 16.2 Å². The Bertz CT molecular complexity index is 567. The first-order chi connectivity index (χ1) is 8.97. The summed E-state index contributed by atoms with van der Waals surface area (Å²) in [6.07, 6.45) is 0. The molecule has 0 aliphatic heterocycles. The molecule has 1 atom stereocenters. The van der Waals surface area contributed by atoms with Crippen molar-refractivity contribution in [1.29, 1.82) is 0 Å². The molecule has 1 unspecified atom stereocenters. The summed E-state index contributed by atoms with van der Waals surface area (Å²) in [5, 5.41) is 3.00. The third kappa shape index (κ3) is 3.15. The molecule has 19 heavy (non-hydrogen) atoms. The van der Waals surface area contributed by atoms with Gasteiger partial charge in [0.1, 0.15) is 0 Å². The number of carbonyl (C=O) groups excluding carboxylic acids is 1. The Morgan fingerprint density at radius 3 is 2.42 bits per heavy atom. The van der Waals surface area contributed by atoms with E-state index in [0.717, 1.165) is 21.7 Å². The van der Waals surface area contributed by atoms with Crippen LogP contribution in [-0.4, -0.2) is 5.91 Å². The molecule has 0 saturated heterocycles. The van der Waals surface area contributed by atoms with Crippen LogP contribution in [0.1, 0.15) is 38.6 Å². The van der Waals surface area contributed by atoms with Crippen molar-refractivity contribution in [2.75, 3.05) is 5.73 Å². The van der Waals surface area contributed by atoms with E-state index in [4.69, 9.17) is 5.73 Å². The van der Waals surface area contributed by atoms with Crippen LogP contribution in [0.3, 0.4) is 0 Å². The number of carbonyl (C=O) groups is 1. The molecule has 2 rings (SSSR count). The van der Waals surface area contributed by atoms with Crippen molar-refractivity contribution < 1.29 is 4.79 Å². The van der Waals surface area contributed by atoms with E-state index in [9.17, 15) is 4.79 Å². The number of anilines is 1. The van der Waals surface area contributed by atoms with Gasteiger partial charge in [-0.25, -0.2) is 0 Å². The Morgan fingerprint density at radius 1 is 1.26 bits per heavy atom. The van der Waals surface area contributed by atoms with Crippen LogP contribution < -0.4 is 11.1 Å². The number of nitrogen functional groups attached to an aromatic ring is 1. The number of hydrogen-bond donors (Lipinski definition) is 2. The highest BCUT2D eigenvalue weighted by atomic mass is 32.1. The zero-order chi connectivity index (χ0) is 14.0. The zero-order valence-corrected chi connectivity index (χ0v) is 12.2. The van der Waals surface area contributed by atoms with Crippen LogP contribution in [0.15, 0.2) is 30.3 Å². The molecule has 0 fully saturated rings. The normalized spacial score (nSPS) is 12.2. The molecule has 0 saturated carbocycles. The Balaban J connectivity index is 2.08. The van der Waals surface area contributed by atoms with Gasteiger partial charge < -0.3 is 11.1 Å². The Hall–Kier alpha value is -1.81. The van der Waals surface area contributed by atoms with Crippen molar-refractivity contribution >= 4 is 22.9 Å². The van der Waals surface area contributed by atoms with E-state index in [-0.39, 0.29) is 11.9 Å². The fraction of sp³-hybridized carbons (Fsp3) is 0.267. The lowest BCUT2D eigenvalue weighted by Gasteiger charge is -2.13. The fourth-order valence-corrected chi connectivity index (χ4v) is 2.76. The Labute approximate surface area is 117 Å². The number of benzene rings is 1. The van der Waals surface area contributed by atoms with Gasteiger partial charge in [-0.05, 0) is 50.1 Å². The van der Waals surface area contributed by atoms with E-state index in [1.807, 2.05) is 51.1 Å². The summed E-state index contributed by atoms with van der Waals surface area (Å²) in [6.45, 7) is 6.02. The molecular formula is C15H18N2OS. The lowest BCUT2D eigenvalue weighted by molar-refractivity contribution is 0.0944. The predicted octanol–water partition coefficient (Wildman–Crippen LogP) is 3.44. The summed E-state index contributed by atoms with van der Waals surface area (Å²) in [4.78, 5) is 14.1. The Kier molecular flexibility index (Phi) is 3.90. The van der Waals surface area contributed by atoms with Gasteiger partial charge in [-0.3, -0.25) is 4.79 Å². The van der Waals surface area contributed by atoms with Gasteiger partial charge in [0, 0.05) is 10.6 Å². The lowest BCUT2D eigenvalue weighted by atomic mass is 10.1. The standard InChI is InChI=1S/C15H18N2OS/c1-9-8-14(19-11(9)3)15(18)17-10(2)12-4-6-13(16)7-5-12/h4-8,10H,16H2,1-3H3,(H,17,18). The molecule has 3 N–H and O–H groups in total. The summed E-state index contributed by atoms with van der Waals surface area (Å²) in [6, 6.07) is 9.46. The maximum absolute atomic E-state index is 12.1. The quantitative estimate of drug-likeness (QED) is 0.842. The SMILES string of the molecule is Cc1cc(C(=O)NC(C)c2ccc(N)cc2)sc1C. The highest BCUT2D eigenvalue weighted by Gasteiger charge is 2.14. The number of hydrogen-bond acceptors (Lipinski definition) is 3. The summed E-state index contributed by atoms with van der Waals surface area (Å²) < 4.78 is 0. The summed E-state index contributed by atoms with van der Waals surface area (Å²) in [7, 11) is 0. The van der Waals surface area contributed by atoms with E-state index in [0.29, 0.717) is 0 Å². The van der Waals surface area contributed by atoms with Crippen LogP contribution >= 0.6 is 11.3 Å². The number of thiophene rings is 1. The van der Waals surface area contributed by atoms with Gasteiger partial charge >= 0.3 is 0 Å². The zero-order valence-electron chi connectivity index (χ0n) is 11.4. The molecule has 1 aromatic heterocycles. The number of rotatable bonds is 3. The van der Waals surface area contributed by atoms with Crippen LogP contribution in [0.5, 0.6) is 0 Å². The fourth-order valence-electron chi connectivity index (χ4n) is 1.82. The average molecular weight is 274 g/mol. The van der Waals surface area contributed by atoms with Gasteiger partial charge in [-0.2, -0.15) is 0 Å². The molecule has 3 nitrogen and oxygen atoms in total. The summed E-state index contributed by atoms with van der Waals surface area (Å²) >= 11 is 1.53. The second kappa shape index (κ2) is 5.45. The predicted molar refractivity (Wildman–Crippen MR) is 80.5 cm³/mol. The van der Waals surface area contributed by atoms with Crippen LogP contribution in [0.4, 0.5) is 5.69 Å². The van der Waals surface area contributed by atoms with E-state index in [2.05, 4.69) is 5.32 Å². The van der Waals surface area contributed by atoms with Gasteiger partial charge in [0.15, 0.2) is 0 Å². The molecule has 0 aliphatic carbocycles. The Morgan fingerprint density at radius 2 is 1.89 bits per heavy atom. The van der Waals surface area contributed by atoms with Gasteiger partial charge in [-0.15, -0.1) is 11.3 Å². The van der Waals surface area contributed by atoms with E-state index in [1.54, 1.807) is 0 Å². The topological polar surface area (TPSA) is 55.1 Å². The summed E-state index contributed by atoms with van der Waals surface area (Å²) in [5.41, 5.74) is 8.59. The molecule has 1 heterocycles. The molecule has 0 radical (unpaired) electrons. The third-order valence-electron chi connectivity index (χ3n) is 3.17. The number of amides is 1. The number of aryl methyl sites for hydroxylation is 2. The first kappa shape index (κ1) is 13.6. The summed E-state index contributed by atoms with van der Waals surface area (Å²) in [5.74, 6) is -0.0227. The molecule has 1 aromatic carbocycles. The van der Waals surface area contributed by atoms with Gasteiger partial charge in [0.2, 0.25) is 0 Å². The monoisotopic (exact) mass is 274 g/mol. The van der Waals surface area contributed by atoms with Crippen molar-refractivity contribution in [1.82, 2.24) is 5.32 Å². The first-order valence-electron chi connectivity index (χ1n) is 6.20. The molecular weight excluding hydrogens is 256 g/mol. The second-order valence-corrected chi connectivity index (χ2v) is 5.97. The molecule has 0 bridgehead atoms. The molecule has 1 amide bonds. The number of nitrogens with one attached hydrogen (secondary N) is 1. The first-order valence-corrected chi connectivity index (χ1v) is 7.02. The molecule has 100 valence electrons. The average Bonchev–Trinajstić information content (AvgIpc) is 2.70. The lowest BCUT2D eigenvalue weighted by Crippen LogP contribution is -2.25. The largest absolute Gasteiger partial charge is 0.399 e. The maximum atomic E-state index is 12.1. The van der Waals surface area contributed by atoms with E-state index < -0.39 is 0 Å². The van der Waals surface area contributed by atoms with Crippen LogP contribution in [-0.2, 0) is 0 Å². The maximum Gasteiger partial charge on any atom is 0.261 e. The van der Waals surface area contributed by atoms with E-state index >= 15 is 0 Å². The van der Waals surface area contributed by atoms with Crippen LogP contribution in [0.25, 0.3) is 0 Å². The molecule has 0 aliphatic rings.